The molecule has 12 heteroatoms. The first-order valence-corrected chi connectivity index (χ1v) is 9.19. The van der Waals surface area contributed by atoms with Gasteiger partial charge in [-0.25, -0.2) is 9.37 Å². The number of ether oxygens (including phenoxy) is 1. The summed E-state index contributed by atoms with van der Waals surface area (Å²) in [6, 6.07) is 1.35. The fourth-order valence-electron chi connectivity index (χ4n) is 2.85. The molecule has 3 aromatic heterocycles. The van der Waals surface area contributed by atoms with E-state index >= 15 is 0 Å². The highest BCUT2D eigenvalue weighted by Crippen LogP contribution is 2.30. The van der Waals surface area contributed by atoms with E-state index in [1.807, 2.05) is 0 Å². The minimum absolute atomic E-state index is 0.190. The number of hydrogen-bond acceptors (Lipinski definition) is 6. The van der Waals surface area contributed by atoms with E-state index < -0.39 is 29.5 Å². The number of amides is 1. The summed E-state index contributed by atoms with van der Waals surface area (Å²) >= 11 is 0. The molecule has 164 valence electrons. The van der Waals surface area contributed by atoms with Crippen LogP contribution in [-0.2, 0) is 6.18 Å². The van der Waals surface area contributed by atoms with Crippen LogP contribution in [0.5, 0.6) is 5.88 Å². The van der Waals surface area contributed by atoms with E-state index in [4.69, 9.17) is 4.74 Å². The Labute approximate surface area is 174 Å². The van der Waals surface area contributed by atoms with Crippen molar-refractivity contribution in [3.63, 3.8) is 0 Å². The van der Waals surface area contributed by atoms with E-state index in [1.54, 1.807) is 19.9 Å². The van der Waals surface area contributed by atoms with Gasteiger partial charge in [-0.3, -0.25) is 9.78 Å². The lowest BCUT2D eigenvalue weighted by atomic mass is 10.1. The summed E-state index contributed by atoms with van der Waals surface area (Å²) in [6.07, 6.45) is 1.59. The first-order chi connectivity index (χ1) is 14.7. The van der Waals surface area contributed by atoms with E-state index in [2.05, 4.69) is 20.2 Å². The summed E-state index contributed by atoms with van der Waals surface area (Å²) in [5, 5.41) is 8.04. The van der Waals surface area contributed by atoms with E-state index in [0.717, 1.165) is 0 Å². The molecule has 1 atom stereocenters. The number of halogens is 4. The summed E-state index contributed by atoms with van der Waals surface area (Å²) in [5.41, 5.74) is -0.551. The molecule has 0 saturated heterocycles. The molecule has 31 heavy (non-hydrogen) atoms. The van der Waals surface area contributed by atoms with Crippen molar-refractivity contribution >= 4 is 5.91 Å². The molecule has 0 aliphatic carbocycles. The summed E-state index contributed by atoms with van der Waals surface area (Å²) in [7, 11) is 0. The summed E-state index contributed by atoms with van der Waals surface area (Å²) in [5.74, 6) is -2.21. The zero-order valence-electron chi connectivity index (χ0n) is 16.5. The topological polar surface area (TPSA) is 86.0 Å². The van der Waals surface area contributed by atoms with Gasteiger partial charge in [0.1, 0.15) is 12.3 Å². The van der Waals surface area contributed by atoms with Gasteiger partial charge < -0.3 is 9.64 Å². The number of carbonyl (C=O) groups is 1. The van der Waals surface area contributed by atoms with Crippen molar-refractivity contribution in [2.75, 3.05) is 13.2 Å². The molecule has 0 saturated carbocycles. The van der Waals surface area contributed by atoms with Gasteiger partial charge >= 0.3 is 6.18 Å². The second-order valence-electron chi connectivity index (χ2n) is 6.47. The molecule has 3 aromatic rings. The smallest absolute Gasteiger partial charge is 0.417 e. The van der Waals surface area contributed by atoms with E-state index in [9.17, 15) is 22.4 Å². The molecule has 3 heterocycles. The van der Waals surface area contributed by atoms with E-state index in [0.29, 0.717) is 18.0 Å². The fourth-order valence-corrected chi connectivity index (χ4v) is 2.85. The minimum Gasteiger partial charge on any atom is -0.473 e. The molecule has 0 aromatic carbocycles. The van der Waals surface area contributed by atoms with Crippen LogP contribution >= 0.6 is 0 Å². The Morgan fingerprint density at radius 3 is 2.55 bits per heavy atom. The highest BCUT2D eigenvalue weighted by Gasteiger charge is 2.32. The predicted molar refractivity (Wildman–Crippen MR) is 100 cm³/mol. The zero-order valence-corrected chi connectivity index (χ0v) is 16.5. The van der Waals surface area contributed by atoms with Crippen molar-refractivity contribution in [3.8, 4) is 11.6 Å². The minimum atomic E-state index is -4.71. The molecule has 0 radical (unpaired) electrons. The fraction of sp³-hybridized carbons (Fsp3) is 0.316. The lowest BCUT2D eigenvalue weighted by molar-refractivity contribution is -0.138. The van der Waals surface area contributed by atoms with Crippen LogP contribution in [0.2, 0.25) is 0 Å². The zero-order chi connectivity index (χ0) is 22.6. The van der Waals surface area contributed by atoms with Crippen LogP contribution in [0.25, 0.3) is 5.69 Å². The van der Waals surface area contributed by atoms with Crippen LogP contribution in [0.1, 0.15) is 29.8 Å². The molecule has 0 N–H and O–H groups in total. The number of alkyl halides is 3. The normalized spacial score (nSPS) is 12.5. The maximum Gasteiger partial charge on any atom is 0.417 e. The molecule has 0 fully saturated rings. The van der Waals surface area contributed by atoms with Gasteiger partial charge in [-0.2, -0.15) is 28.2 Å². The number of aromatic nitrogens is 5. The Balaban J connectivity index is 1.74. The first kappa shape index (κ1) is 22.1. The molecule has 3 rings (SSSR count). The quantitative estimate of drug-likeness (QED) is 0.527. The summed E-state index contributed by atoms with van der Waals surface area (Å²) < 4.78 is 57.1. The van der Waals surface area contributed by atoms with Gasteiger partial charge in [-0.1, -0.05) is 0 Å². The van der Waals surface area contributed by atoms with Gasteiger partial charge in [0.15, 0.2) is 5.82 Å². The Morgan fingerprint density at radius 2 is 1.94 bits per heavy atom. The van der Waals surface area contributed by atoms with E-state index in [-0.39, 0.29) is 24.6 Å². The second kappa shape index (κ2) is 9.06. The maximum atomic E-state index is 14.0. The standard InChI is InChI=1S/C19H18F4N6O2/c1-3-28(18(30)14-10-24-5-4-16(14)29-26-6-7-27-29)12(2)11-31-17-15(20)8-13(9-25-17)19(21,22)23/h4-10,12H,3,11H2,1-2H3/t12-/m0/s1. The second-order valence-corrected chi connectivity index (χ2v) is 6.47. The van der Waals surface area contributed by atoms with Crippen LogP contribution in [0.4, 0.5) is 17.6 Å². The average Bonchev–Trinajstić information content (AvgIpc) is 3.27. The third-order valence-corrected chi connectivity index (χ3v) is 4.39. The van der Waals surface area contributed by atoms with Crippen molar-refractivity contribution < 1.29 is 27.1 Å². The van der Waals surface area contributed by atoms with Crippen molar-refractivity contribution in [2.24, 2.45) is 0 Å². The third-order valence-electron chi connectivity index (χ3n) is 4.39. The molecule has 0 unspecified atom stereocenters. The Morgan fingerprint density at radius 1 is 1.23 bits per heavy atom. The first-order valence-electron chi connectivity index (χ1n) is 9.19. The van der Waals surface area contributed by atoms with Gasteiger partial charge in [-0.05, 0) is 26.0 Å². The van der Waals surface area contributed by atoms with Gasteiger partial charge in [0.2, 0.25) is 5.88 Å². The highest BCUT2D eigenvalue weighted by atomic mass is 19.4. The van der Waals surface area contributed by atoms with Crippen LogP contribution in [0.3, 0.4) is 0 Å². The van der Waals surface area contributed by atoms with Gasteiger partial charge in [0.05, 0.1) is 29.6 Å². The highest BCUT2D eigenvalue weighted by molar-refractivity contribution is 5.97. The number of nitrogens with zero attached hydrogens (tertiary/aromatic N) is 6. The molecule has 0 aliphatic heterocycles. The third kappa shape index (κ3) is 4.95. The Bertz CT molecular complexity index is 1040. The van der Waals surface area contributed by atoms with Crippen LogP contribution < -0.4 is 4.74 Å². The van der Waals surface area contributed by atoms with Gasteiger partial charge in [-0.15, -0.1) is 0 Å². The van der Waals surface area contributed by atoms with Crippen LogP contribution in [0.15, 0.2) is 43.1 Å². The Hall–Kier alpha value is -3.57. The van der Waals surface area contributed by atoms with Crippen molar-refractivity contribution in [3.05, 3.63) is 60.1 Å². The average molecular weight is 438 g/mol. The van der Waals surface area contributed by atoms with Crippen LogP contribution in [0, 0.1) is 5.82 Å². The van der Waals surface area contributed by atoms with Crippen molar-refractivity contribution in [2.45, 2.75) is 26.1 Å². The molecular weight excluding hydrogens is 420 g/mol. The van der Waals surface area contributed by atoms with Gasteiger partial charge in [0.25, 0.3) is 5.91 Å². The van der Waals surface area contributed by atoms with Crippen molar-refractivity contribution in [1.82, 2.24) is 29.9 Å². The maximum absolute atomic E-state index is 14.0. The van der Waals surface area contributed by atoms with Gasteiger partial charge in [0, 0.05) is 25.1 Å². The number of carbonyl (C=O) groups excluding carboxylic acids is 1. The number of pyridine rings is 2. The molecular formula is C19H18F4N6O2. The lowest BCUT2D eigenvalue weighted by Gasteiger charge is -2.28. The number of likely N-dealkylation sites (N-methyl/N-ethyl adjacent to an activating group) is 1. The SMILES string of the molecule is CCN(C(=O)c1cnccc1-n1nccn1)[C@@H](C)COc1ncc(C(F)(F)F)cc1F. The monoisotopic (exact) mass is 438 g/mol. The summed E-state index contributed by atoms with van der Waals surface area (Å²) in [4.78, 5) is 23.2. The van der Waals surface area contributed by atoms with Crippen LogP contribution in [-0.4, -0.2) is 55.0 Å². The van der Waals surface area contributed by atoms with E-state index in [1.165, 1.54) is 34.5 Å². The number of rotatable bonds is 7. The molecule has 8 nitrogen and oxygen atoms in total. The Kier molecular flexibility index (Phi) is 6.47. The number of hydrogen-bond donors (Lipinski definition) is 0. The lowest BCUT2D eigenvalue weighted by Crippen LogP contribution is -2.42. The molecule has 0 bridgehead atoms. The molecule has 0 spiro atoms. The predicted octanol–water partition coefficient (Wildman–Crippen LogP) is 3.14. The van der Waals surface area contributed by atoms with Crippen molar-refractivity contribution in [1.29, 1.82) is 0 Å². The molecule has 1 amide bonds. The largest absolute Gasteiger partial charge is 0.473 e. The summed E-state index contributed by atoms with van der Waals surface area (Å²) in [6.45, 7) is 3.50. The molecule has 0 aliphatic rings.